The Kier molecular flexibility index (Phi) is 9.37. The van der Waals surface area contributed by atoms with Gasteiger partial charge in [0.25, 0.3) is 0 Å². The number of benzene rings is 1. The molecular formula is C18H26Cl2N6O2. The molecule has 2 amide bonds. The Morgan fingerprint density at radius 2 is 1.79 bits per heavy atom. The molecule has 0 aliphatic heterocycles. The summed E-state index contributed by atoms with van der Waals surface area (Å²) in [4.78, 5) is 28.4. The van der Waals surface area contributed by atoms with Crippen LogP contribution in [0.3, 0.4) is 0 Å². The first-order chi connectivity index (χ1) is 12.5. The minimum atomic E-state index is -0.465. The van der Waals surface area contributed by atoms with Gasteiger partial charge in [-0.25, -0.2) is 9.67 Å². The molecule has 1 fully saturated rings. The van der Waals surface area contributed by atoms with Gasteiger partial charge in [-0.15, -0.1) is 24.8 Å². The molecule has 0 spiro atoms. The van der Waals surface area contributed by atoms with Crippen molar-refractivity contribution in [3.63, 3.8) is 0 Å². The molecule has 3 rings (SSSR count). The van der Waals surface area contributed by atoms with E-state index >= 15 is 0 Å². The predicted molar refractivity (Wildman–Crippen MR) is 113 cm³/mol. The van der Waals surface area contributed by atoms with Gasteiger partial charge in [0.2, 0.25) is 11.8 Å². The molecule has 2 aromatic rings. The lowest BCUT2D eigenvalue weighted by Gasteiger charge is -2.25. The molecule has 1 aliphatic rings. The fraction of sp³-hybridized carbons (Fsp3) is 0.444. The summed E-state index contributed by atoms with van der Waals surface area (Å²) in [5, 5.41) is 9.71. The lowest BCUT2D eigenvalue weighted by Crippen LogP contribution is -2.34. The summed E-state index contributed by atoms with van der Waals surface area (Å²) in [5.41, 5.74) is 7.31. The second kappa shape index (κ2) is 11.0. The number of nitrogens with two attached hydrogens (primary N) is 1. The number of halogens is 2. The Bertz CT molecular complexity index is 754. The molecule has 8 nitrogen and oxygen atoms in total. The fourth-order valence-corrected chi connectivity index (χ4v) is 3.13. The van der Waals surface area contributed by atoms with Crippen molar-refractivity contribution in [3.05, 3.63) is 36.9 Å². The molecule has 3 atom stereocenters. The number of nitrogens with one attached hydrogen (secondary N) is 2. The Morgan fingerprint density at radius 1 is 1.14 bits per heavy atom. The van der Waals surface area contributed by atoms with E-state index in [1.54, 1.807) is 31.2 Å². The molecule has 1 aliphatic carbocycles. The Balaban J connectivity index is 0.00000196. The smallest absolute Gasteiger partial charge is 0.249 e. The van der Waals surface area contributed by atoms with E-state index in [1.165, 1.54) is 17.3 Å². The molecular weight excluding hydrogens is 403 g/mol. The van der Waals surface area contributed by atoms with Crippen LogP contribution in [0.2, 0.25) is 0 Å². The molecule has 1 aromatic heterocycles. The number of anilines is 2. The van der Waals surface area contributed by atoms with Crippen LogP contribution in [-0.4, -0.2) is 32.6 Å². The zero-order valence-corrected chi connectivity index (χ0v) is 17.2. The highest BCUT2D eigenvalue weighted by molar-refractivity contribution is 5.95. The van der Waals surface area contributed by atoms with Crippen LogP contribution in [0.15, 0.2) is 36.9 Å². The van der Waals surface area contributed by atoms with E-state index in [0.29, 0.717) is 11.4 Å². The van der Waals surface area contributed by atoms with Crippen LogP contribution in [0.5, 0.6) is 0 Å². The molecule has 154 valence electrons. The molecule has 0 saturated heterocycles. The molecule has 3 unspecified atom stereocenters. The minimum absolute atomic E-state index is 0. The summed E-state index contributed by atoms with van der Waals surface area (Å²) in [7, 11) is 0. The van der Waals surface area contributed by atoms with Crippen molar-refractivity contribution in [1.29, 1.82) is 0 Å². The van der Waals surface area contributed by atoms with Crippen molar-refractivity contribution in [3.8, 4) is 0 Å². The lowest BCUT2D eigenvalue weighted by atomic mass is 9.85. The van der Waals surface area contributed by atoms with E-state index in [9.17, 15) is 9.59 Å². The summed E-state index contributed by atoms with van der Waals surface area (Å²) < 4.78 is 1.48. The van der Waals surface area contributed by atoms with Crippen LogP contribution in [0.1, 0.15) is 38.6 Å². The van der Waals surface area contributed by atoms with Gasteiger partial charge in [0.1, 0.15) is 18.7 Å². The van der Waals surface area contributed by atoms with Crippen LogP contribution < -0.4 is 16.4 Å². The maximum atomic E-state index is 12.3. The highest BCUT2D eigenvalue weighted by Crippen LogP contribution is 2.25. The molecule has 1 heterocycles. The van der Waals surface area contributed by atoms with Gasteiger partial charge in [-0.3, -0.25) is 9.59 Å². The van der Waals surface area contributed by atoms with Gasteiger partial charge in [0.15, 0.2) is 0 Å². The van der Waals surface area contributed by atoms with Crippen LogP contribution >= 0.6 is 24.8 Å². The average molecular weight is 429 g/mol. The van der Waals surface area contributed by atoms with E-state index in [2.05, 4.69) is 20.7 Å². The SMILES string of the molecule is CC(C(=O)Nc1ccc(NC(=O)C2CCCC(N)C2)cc1)n1cncn1.Cl.Cl. The lowest BCUT2D eigenvalue weighted by molar-refractivity contribution is -0.121. The Morgan fingerprint density at radius 3 is 2.36 bits per heavy atom. The van der Waals surface area contributed by atoms with Crippen LogP contribution in [0.25, 0.3) is 0 Å². The summed E-state index contributed by atoms with van der Waals surface area (Å²) in [6.45, 7) is 1.74. The zero-order valence-electron chi connectivity index (χ0n) is 15.6. The standard InChI is InChI=1S/C18H24N6O2.2ClH/c1-12(24-11-20-10-21-24)17(25)22-15-5-7-16(8-6-15)23-18(26)13-3-2-4-14(19)9-13;;/h5-8,10-14H,2-4,9,19H2,1H3,(H,22,25)(H,23,26);2*1H. The van der Waals surface area contributed by atoms with Gasteiger partial charge in [-0.05, 0) is 50.5 Å². The second-order valence-electron chi connectivity index (χ2n) is 6.73. The van der Waals surface area contributed by atoms with Gasteiger partial charge in [0.05, 0.1) is 0 Å². The topological polar surface area (TPSA) is 115 Å². The number of carbonyl (C=O) groups is 2. The highest BCUT2D eigenvalue weighted by atomic mass is 35.5. The van der Waals surface area contributed by atoms with Gasteiger partial charge >= 0.3 is 0 Å². The Hall–Kier alpha value is -2.16. The second-order valence-corrected chi connectivity index (χ2v) is 6.73. The maximum absolute atomic E-state index is 12.3. The number of hydrogen-bond donors (Lipinski definition) is 3. The molecule has 1 saturated carbocycles. The van der Waals surface area contributed by atoms with E-state index in [1.807, 2.05) is 0 Å². The van der Waals surface area contributed by atoms with Crippen LogP contribution in [0, 0.1) is 5.92 Å². The van der Waals surface area contributed by atoms with Crippen molar-refractivity contribution < 1.29 is 9.59 Å². The molecule has 28 heavy (non-hydrogen) atoms. The summed E-state index contributed by atoms with van der Waals surface area (Å²) >= 11 is 0. The first-order valence-electron chi connectivity index (χ1n) is 8.84. The first kappa shape index (κ1) is 23.9. The van der Waals surface area contributed by atoms with Gasteiger partial charge < -0.3 is 16.4 Å². The van der Waals surface area contributed by atoms with Gasteiger partial charge in [0, 0.05) is 23.3 Å². The summed E-state index contributed by atoms with van der Waals surface area (Å²) in [5.74, 6) is -0.207. The number of carbonyl (C=O) groups excluding carboxylic acids is 2. The number of rotatable bonds is 5. The molecule has 10 heteroatoms. The molecule has 4 N–H and O–H groups in total. The van der Waals surface area contributed by atoms with Crippen molar-refractivity contribution in [2.24, 2.45) is 11.7 Å². The summed E-state index contributed by atoms with van der Waals surface area (Å²) in [6, 6.07) is 6.71. The molecule has 1 aromatic carbocycles. The van der Waals surface area contributed by atoms with Gasteiger partial charge in [-0.2, -0.15) is 5.10 Å². The van der Waals surface area contributed by atoms with Gasteiger partial charge in [-0.1, -0.05) is 6.42 Å². The van der Waals surface area contributed by atoms with Crippen LogP contribution in [0.4, 0.5) is 11.4 Å². The quantitative estimate of drug-likeness (QED) is 0.676. The van der Waals surface area contributed by atoms with Crippen molar-refractivity contribution in [1.82, 2.24) is 14.8 Å². The number of aromatic nitrogens is 3. The number of amides is 2. The van der Waals surface area contributed by atoms with E-state index in [4.69, 9.17) is 5.73 Å². The molecule has 0 bridgehead atoms. The normalized spacial score (nSPS) is 19.5. The van der Waals surface area contributed by atoms with Crippen LogP contribution in [-0.2, 0) is 9.59 Å². The fourth-order valence-electron chi connectivity index (χ4n) is 3.13. The first-order valence-corrected chi connectivity index (χ1v) is 8.84. The summed E-state index contributed by atoms with van der Waals surface area (Å²) in [6.07, 6.45) is 6.49. The zero-order chi connectivity index (χ0) is 18.5. The predicted octanol–water partition coefficient (Wildman–Crippen LogP) is 2.78. The third-order valence-electron chi connectivity index (χ3n) is 4.72. The number of hydrogen-bond acceptors (Lipinski definition) is 5. The van der Waals surface area contributed by atoms with E-state index < -0.39 is 6.04 Å². The monoisotopic (exact) mass is 428 g/mol. The molecule has 0 radical (unpaired) electrons. The average Bonchev–Trinajstić information content (AvgIpc) is 3.17. The minimum Gasteiger partial charge on any atom is -0.328 e. The third kappa shape index (κ3) is 6.19. The Labute approximate surface area is 176 Å². The third-order valence-corrected chi connectivity index (χ3v) is 4.72. The van der Waals surface area contributed by atoms with E-state index in [0.717, 1.165) is 25.7 Å². The van der Waals surface area contributed by atoms with Crippen molar-refractivity contribution in [2.45, 2.75) is 44.7 Å². The van der Waals surface area contributed by atoms with Crippen molar-refractivity contribution >= 4 is 48.0 Å². The van der Waals surface area contributed by atoms with E-state index in [-0.39, 0.29) is 48.6 Å². The van der Waals surface area contributed by atoms with Crippen molar-refractivity contribution in [2.75, 3.05) is 10.6 Å². The highest BCUT2D eigenvalue weighted by Gasteiger charge is 2.25. The maximum Gasteiger partial charge on any atom is 0.249 e. The number of nitrogens with zero attached hydrogens (tertiary/aromatic N) is 3. The largest absolute Gasteiger partial charge is 0.328 e.